The Labute approximate surface area is 126 Å². The summed E-state index contributed by atoms with van der Waals surface area (Å²) in [4.78, 5) is 23.0. The molecule has 1 aliphatic carbocycles. The van der Waals surface area contributed by atoms with Crippen molar-refractivity contribution in [3.05, 3.63) is 0 Å². The first-order valence-corrected chi connectivity index (χ1v) is 7.88. The van der Waals surface area contributed by atoms with Gasteiger partial charge in [0, 0.05) is 0 Å². The predicted octanol–water partition coefficient (Wildman–Crippen LogP) is 0.716. The first kappa shape index (κ1) is 15.7. The van der Waals surface area contributed by atoms with E-state index in [4.69, 9.17) is 5.11 Å². The highest BCUT2D eigenvalue weighted by atomic mass is 32.2. The number of nitrogens with one attached hydrogen (secondary N) is 1. The Morgan fingerprint density at radius 2 is 2.19 bits per heavy atom. The van der Waals surface area contributed by atoms with Crippen LogP contribution >= 0.6 is 11.8 Å². The molecule has 1 heterocycles. The van der Waals surface area contributed by atoms with E-state index in [2.05, 4.69) is 20.8 Å². The summed E-state index contributed by atoms with van der Waals surface area (Å²) in [5.74, 6) is -1.03. The van der Waals surface area contributed by atoms with Crippen LogP contribution in [0.3, 0.4) is 0 Å². The number of hydrogen-bond donors (Lipinski definition) is 2. The van der Waals surface area contributed by atoms with Gasteiger partial charge >= 0.3 is 5.97 Å². The largest absolute Gasteiger partial charge is 0.480 e. The Hall–Kier alpha value is -1.64. The fourth-order valence-corrected chi connectivity index (χ4v) is 2.64. The van der Waals surface area contributed by atoms with E-state index in [1.807, 2.05) is 13.8 Å². The van der Waals surface area contributed by atoms with E-state index in [1.165, 1.54) is 11.8 Å². The molecule has 0 saturated heterocycles. The molecule has 1 atom stereocenters. The monoisotopic (exact) mass is 313 g/mol. The molecule has 21 heavy (non-hydrogen) atoms. The summed E-state index contributed by atoms with van der Waals surface area (Å²) >= 11 is 1.22. The maximum Gasteiger partial charge on any atom is 0.326 e. The van der Waals surface area contributed by atoms with Crippen LogP contribution in [-0.4, -0.2) is 49.0 Å². The lowest BCUT2D eigenvalue weighted by Crippen LogP contribution is -2.42. The van der Waals surface area contributed by atoms with Crippen LogP contribution in [-0.2, 0) is 9.59 Å². The standard InChI is InChI=1S/C12H19N5O3S/c1-7(2)5-9(11(19)20)13-10(18)6-21-12-14-15-16-17(12)8-3-4-8/h7-9H,3-6H2,1-2H3,(H,13,18)(H,19,20)/t9-/m0/s1. The van der Waals surface area contributed by atoms with Crippen LogP contribution in [0, 0.1) is 5.92 Å². The Morgan fingerprint density at radius 1 is 1.48 bits per heavy atom. The van der Waals surface area contributed by atoms with Crippen molar-refractivity contribution in [3.8, 4) is 0 Å². The van der Waals surface area contributed by atoms with E-state index in [9.17, 15) is 9.59 Å². The van der Waals surface area contributed by atoms with Crippen LogP contribution in [0.25, 0.3) is 0 Å². The van der Waals surface area contributed by atoms with Crippen LogP contribution in [0.1, 0.15) is 39.2 Å². The van der Waals surface area contributed by atoms with Gasteiger partial charge in [-0.25, -0.2) is 9.48 Å². The molecule has 0 aromatic carbocycles. The summed E-state index contributed by atoms with van der Waals surface area (Å²) in [6.45, 7) is 3.83. The highest BCUT2D eigenvalue weighted by molar-refractivity contribution is 7.99. The second kappa shape index (κ2) is 6.88. The van der Waals surface area contributed by atoms with Gasteiger partial charge in [0.05, 0.1) is 11.8 Å². The zero-order valence-electron chi connectivity index (χ0n) is 12.0. The van der Waals surface area contributed by atoms with Crippen molar-refractivity contribution in [3.63, 3.8) is 0 Å². The van der Waals surface area contributed by atoms with E-state index in [0.29, 0.717) is 17.6 Å². The van der Waals surface area contributed by atoms with Crippen LogP contribution in [0.4, 0.5) is 0 Å². The minimum atomic E-state index is -1.01. The van der Waals surface area contributed by atoms with Crippen LogP contribution in [0.2, 0.25) is 0 Å². The van der Waals surface area contributed by atoms with Crippen molar-refractivity contribution in [1.82, 2.24) is 25.5 Å². The molecule has 2 N–H and O–H groups in total. The number of nitrogens with zero attached hydrogens (tertiary/aromatic N) is 4. The molecule has 2 rings (SSSR count). The number of carbonyl (C=O) groups is 2. The number of aliphatic carboxylic acids is 1. The summed E-state index contributed by atoms with van der Waals surface area (Å²) in [7, 11) is 0. The molecule has 116 valence electrons. The van der Waals surface area contributed by atoms with Gasteiger partial charge in [-0.05, 0) is 35.6 Å². The highest BCUT2D eigenvalue weighted by Crippen LogP contribution is 2.36. The summed E-state index contributed by atoms with van der Waals surface area (Å²) in [6, 6.07) is -0.504. The molecule has 0 bridgehead atoms. The average Bonchev–Trinajstić information content (AvgIpc) is 3.14. The number of hydrogen-bond acceptors (Lipinski definition) is 6. The SMILES string of the molecule is CC(C)C[C@H](NC(=O)CSc1nnnn1C1CC1)C(=O)O. The predicted molar refractivity (Wildman–Crippen MR) is 75.8 cm³/mol. The molecule has 0 unspecified atom stereocenters. The van der Waals surface area contributed by atoms with Gasteiger partial charge < -0.3 is 10.4 Å². The second-order valence-electron chi connectivity index (χ2n) is 5.51. The summed E-state index contributed by atoms with van der Waals surface area (Å²) in [5.41, 5.74) is 0. The third kappa shape index (κ3) is 4.69. The quantitative estimate of drug-likeness (QED) is 0.680. The number of carboxylic acids is 1. The molecular weight excluding hydrogens is 294 g/mol. The number of amides is 1. The van der Waals surface area contributed by atoms with E-state index < -0.39 is 12.0 Å². The molecule has 0 radical (unpaired) electrons. The number of thioether (sulfide) groups is 1. The van der Waals surface area contributed by atoms with Gasteiger partial charge in [-0.3, -0.25) is 4.79 Å². The first-order valence-electron chi connectivity index (χ1n) is 6.90. The van der Waals surface area contributed by atoms with Gasteiger partial charge in [0.2, 0.25) is 11.1 Å². The molecule has 8 nitrogen and oxygen atoms in total. The smallest absolute Gasteiger partial charge is 0.326 e. The zero-order valence-corrected chi connectivity index (χ0v) is 12.8. The zero-order chi connectivity index (χ0) is 15.4. The Kier molecular flexibility index (Phi) is 5.16. The molecule has 1 aromatic rings. The average molecular weight is 313 g/mol. The normalized spacial score (nSPS) is 16.0. The molecule has 1 aromatic heterocycles. The third-order valence-electron chi connectivity index (χ3n) is 3.03. The summed E-state index contributed by atoms with van der Waals surface area (Å²) in [6.07, 6.45) is 2.52. The summed E-state index contributed by atoms with van der Waals surface area (Å²) < 4.78 is 1.72. The van der Waals surface area contributed by atoms with Crippen molar-refractivity contribution in [2.24, 2.45) is 5.92 Å². The maximum atomic E-state index is 11.9. The van der Waals surface area contributed by atoms with Crippen molar-refractivity contribution < 1.29 is 14.7 Å². The second-order valence-corrected chi connectivity index (χ2v) is 6.46. The van der Waals surface area contributed by atoms with Crippen molar-refractivity contribution in [2.45, 2.75) is 50.4 Å². The lowest BCUT2D eigenvalue weighted by atomic mass is 10.0. The number of carboxylic acid groups (broad SMARTS) is 1. The van der Waals surface area contributed by atoms with Gasteiger partial charge in [-0.2, -0.15) is 0 Å². The van der Waals surface area contributed by atoms with Gasteiger partial charge in [-0.1, -0.05) is 25.6 Å². The van der Waals surface area contributed by atoms with Crippen LogP contribution in [0.15, 0.2) is 5.16 Å². The number of rotatable bonds is 8. The lowest BCUT2D eigenvalue weighted by molar-refractivity contribution is -0.141. The molecule has 1 saturated carbocycles. The molecule has 1 aliphatic rings. The van der Waals surface area contributed by atoms with Gasteiger partial charge in [0.1, 0.15) is 6.04 Å². The maximum absolute atomic E-state index is 11.9. The third-order valence-corrected chi connectivity index (χ3v) is 3.96. The minimum Gasteiger partial charge on any atom is -0.480 e. The lowest BCUT2D eigenvalue weighted by Gasteiger charge is -2.16. The van der Waals surface area contributed by atoms with Gasteiger partial charge in [-0.15, -0.1) is 5.10 Å². The molecule has 0 aliphatic heterocycles. The van der Waals surface area contributed by atoms with Gasteiger partial charge in [0.25, 0.3) is 0 Å². The summed E-state index contributed by atoms with van der Waals surface area (Å²) in [5, 5.41) is 23.6. The van der Waals surface area contributed by atoms with Crippen molar-refractivity contribution in [1.29, 1.82) is 0 Å². The van der Waals surface area contributed by atoms with Crippen molar-refractivity contribution in [2.75, 3.05) is 5.75 Å². The molecular formula is C12H19N5O3S. The van der Waals surface area contributed by atoms with Crippen molar-refractivity contribution >= 4 is 23.6 Å². The van der Waals surface area contributed by atoms with Crippen LogP contribution < -0.4 is 5.32 Å². The minimum absolute atomic E-state index is 0.106. The van der Waals surface area contributed by atoms with Gasteiger partial charge in [0.15, 0.2) is 0 Å². The molecule has 1 amide bonds. The molecule has 0 spiro atoms. The van der Waals surface area contributed by atoms with E-state index >= 15 is 0 Å². The van der Waals surface area contributed by atoms with Crippen LogP contribution in [0.5, 0.6) is 0 Å². The number of tetrazole rings is 1. The van der Waals surface area contributed by atoms with E-state index in [1.54, 1.807) is 4.68 Å². The number of aromatic nitrogens is 4. The Morgan fingerprint density at radius 3 is 2.76 bits per heavy atom. The Bertz CT molecular complexity index is 515. The molecule has 9 heteroatoms. The fraction of sp³-hybridized carbons (Fsp3) is 0.750. The fourth-order valence-electron chi connectivity index (χ4n) is 1.89. The first-order chi connectivity index (χ1) is 9.97. The van der Waals surface area contributed by atoms with E-state index in [0.717, 1.165) is 12.8 Å². The number of carbonyl (C=O) groups excluding carboxylic acids is 1. The van der Waals surface area contributed by atoms with E-state index in [-0.39, 0.29) is 17.6 Å². The highest BCUT2D eigenvalue weighted by Gasteiger charge is 2.28. The molecule has 1 fully saturated rings. The Balaban J connectivity index is 1.83. The topological polar surface area (TPSA) is 110 Å².